The van der Waals surface area contributed by atoms with E-state index in [0.29, 0.717) is 6.04 Å². The predicted molar refractivity (Wildman–Crippen MR) is 73.3 cm³/mol. The first-order valence-electron chi connectivity index (χ1n) is 6.92. The number of hydrogen-bond acceptors (Lipinski definition) is 2. The Balaban J connectivity index is 2.52. The molecule has 17 heavy (non-hydrogen) atoms. The maximum absolute atomic E-state index is 4.63. The molecular weight excluding hydrogens is 210 g/mol. The van der Waals surface area contributed by atoms with Crippen LogP contribution in [0.25, 0.3) is 0 Å². The molecule has 1 aromatic rings. The summed E-state index contributed by atoms with van der Waals surface area (Å²) < 4.78 is 2.05. The highest BCUT2D eigenvalue weighted by Crippen LogP contribution is 2.13. The van der Waals surface area contributed by atoms with Crippen molar-refractivity contribution in [3.63, 3.8) is 0 Å². The second-order valence-electron chi connectivity index (χ2n) is 5.05. The summed E-state index contributed by atoms with van der Waals surface area (Å²) in [5.74, 6) is 0.718. The van der Waals surface area contributed by atoms with Crippen molar-refractivity contribution < 1.29 is 0 Å². The van der Waals surface area contributed by atoms with E-state index in [9.17, 15) is 0 Å². The fourth-order valence-electron chi connectivity index (χ4n) is 2.10. The Labute approximate surface area is 106 Å². The molecule has 0 radical (unpaired) electrons. The van der Waals surface area contributed by atoms with Gasteiger partial charge in [0.25, 0.3) is 0 Å². The second kappa shape index (κ2) is 7.49. The molecule has 1 aromatic heterocycles. The maximum Gasteiger partial charge on any atom is 0.0627 e. The maximum atomic E-state index is 4.63. The second-order valence-corrected chi connectivity index (χ2v) is 5.05. The molecule has 0 amide bonds. The van der Waals surface area contributed by atoms with Gasteiger partial charge in [0, 0.05) is 12.2 Å². The molecule has 1 heterocycles. The molecule has 0 spiro atoms. The van der Waals surface area contributed by atoms with E-state index in [1.165, 1.54) is 18.5 Å². The molecule has 0 fully saturated rings. The summed E-state index contributed by atoms with van der Waals surface area (Å²) in [6.45, 7) is 10.9. The van der Waals surface area contributed by atoms with Gasteiger partial charge in [0.2, 0.25) is 0 Å². The van der Waals surface area contributed by atoms with Gasteiger partial charge in [-0.25, -0.2) is 0 Å². The molecule has 0 aliphatic carbocycles. The molecule has 0 aliphatic rings. The van der Waals surface area contributed by atoms with Crippen molar-refractivity contribution in [1.29, 1.82) is 0 Å². The van der Waals surface area contributed by atoms with Gasteiger partial charge in [0.05, 0.1) is 5.69 Å². The van der Waals surface area contributed by atoms with Crippen LogP contribution >= 0.6 is 0 Å². The summed E-state index contributed by atoms with van der Waals surface area (Å²) in [6.07, 6.45) is 5.72. The number of nitrogens with zero attached hydrogens (tertiary/aromatic N) is 2. The van der Waals surface area contributed by atoms with Gasteiger partial charge in [-0.05, 0) is 51.8 Å². The van der Waals surface area contributed by atoms with Crippen LogP contribution in [0.15, 0.2) is 12.3 Å². The number of rotatable bonds is 8. The van der Waals surface area contributed by atoms with Gasteiger partial charge >= 0.3 is 0 Å². The Morgan fingerprint density at radius 3 is 2.65 bits per heavy atom. The molecule has 0 aliphatic heterocycles. The summed E-state index contributed by atoms with van der Waals surface area (Å²) in [5.41, 5.74) is 1.23. The first kappa shape index (κ1) is 14.2. The summed E-state index contributed by atoms with van der Waals surface area (Å²) in [6, 6.07) is 2.62. The lowest BCUT2D eigenvalue weighted by Crippen LogP contribution is -2.24. The van der Waals surface area contributed by atoms with E-state index in [1.807, 2.05) is 4.68 Å². The van der Waals surface area contributed by atoms with E-state index in [2.05, 4.69) is 50.4 Å². The van der Waals surface area contributed by atoms with Crippen molar-refractivity contribution in [3.05, 3.63) is 18.0 Å². The molecule has 3 heteroatoms. The van der Waals surface area contributed by atoms with Gasteiger partial charge in [-0.2, -0.15) is 5.10 Å². The quantitative estimate of drug-likeness (QED) is 0.753. The zero-order chi connectivity index (χ0) is 12.7. The zero-order valence-corrected chi connectivity index (χ0v) is 11.7. The largest absolute Gasteiger partial charge is 0.317 e. The van der Waals surface area contributed by atoms with Crippen LogP contribution in [-0.2, 0) is 6.42 Å². The molecule has 0 aromatic carbocycles. The van der Waals surface area contributed by atoms with E-state index in [-0.39, 0.29) is 0 Å². The molecule has 3 nitrogen and oxygen atoms in total. The normalized spacial score (nSPS) is 13.2. The molecule has 0 saturated carbocycles. The Morgan fingerprint density at radius 1 is 1.35 bits per heavy atom. The lowest BCUT2D eigenvalue weighted by Gasteiger charge is -2.15. The van der Waals surface area contributed by atoms with Crippen LogP contribution in [0.2, 0.25) is 0 Å². The van der Waals surface area contributed by atoms with E-state index in [1.54, 1.807) is 0 Å². The highest BCUT2D eigenvalue weighted by molar-refractivity contribution is 5.01. The highest BCUT2D eigenvalue weighted by atomic mass is 15.3. The van der Waals surface area contributed by atoms with Crippen molar-refractivity contribution in [2.75, 3.05) is 13.1 Å². The van der Waals surface area contributed by atoms with E-state index in [0.717, 1.165) is 25.4 Å². The third-order valence-electron chi connectivity index (χ3n) is 3.07. The fourth-order valence-corrected chi connectivity index (χ4v) is 2.10. The number of nitrogens with one attached hydrogen (secondary N) is 1. The minimum atomic E-state index is 0.460. The van der Waals surface area contributed by atoms with Crippen LogP contribution in [0.3, 0.4) is 0 Å². The highest BCUT2D eigenvalue weighted by Gasteiger charge is 2.11. The van der Waals surface area contributed by atoms with Gasteiger partial charge in [0.15, 0.2) is 0 Å². The lowest BCUT2D eigenvalue weighted by molar-refractivity contribution is 0.434. The van der Waals surface area contributed by atoms with Crippen LogP contribution in [0.1, 0.15) is 52.3 Å². The van der Waals surface area contributed by atoms with E-state index >= 15 is 0 Å². The van der Waals surface area contributed by atoms with Crippen LogP contribution in [0.5, 0.6) is 0 Å². The van der Waals surface area contributed by atoms with Crippen molar-refractivity contribution in [2.24, 2.45) is 5.92 Å². The molecule has 1 unspecified atom stereocenters. The number of aromatic nitrogens is 2. The SMILES string of the molecule is CCCC(CNCC)Cc1ccn(C(C)C)n1. The van der Waals surface area contributed by atoms with Crippen LogP contribution in [0.4, 0.5) is 0 Å². The Kier molecular flexibility index (Phi) is 6.27. The molecule has 1 atom stereocenters. The predicted octanol–water partition coefficient (Wildman–Crippen LogP) is 3.03. The first-order valence-corrected chi connectivity index (χ1v) is 6.92. The van der Waals surface area contributed by atoms with Gasteiger partial charge < -0.3 is 5.32 Å². The standard InChI is InChI=1S/C14H27N3/c1-5-7-13(11-15-6-2)10-14-8-9-17(16-14)12(3)4/h8-9,12-13,15H,5-7,10-11H2,1-4H3. The summed E-state index contributed by atoms with van der Waals surface area (Å²) in [5, 5.41) is 8.08. The zero-order valence-electron chi connectivity index (χ0n) is 11.7. The number of hydrogen-bond donors (Lipinski definition) is 1. The Bertz CT molecular complexity index is 304. The third kappa shape index (κ3) is 4.90. The first-order chi connectivity index (χ1) is 8.17. The Hall–Kier alpha value is -0.830. The van der Waals surface area contributed by atoms with Crippen molar-refractivity contribution >= 4 is 0 Å². The lowest BCUT2D eigenvalue weighted by atomic mass is 9.98. The Morgan fingerprint density at radius 2 is 2.12 bits per heavy atom. The van der Waals surface area contributed by atoms with E-state index in [4.69, 9.17) is 0 Å². The van der Waals surface area contributed by atoms with Gasteiger partial charge in [-0.15, -0.1) is 0 Å². The molecular formula is C14H27N3. The van der Waals surface area contributed by atoms with Gasteiger partial charge in [0.1, 0.15) is 0 Å². The summed E-state index contributed by atoms with van der Waals surface area (Å²) in [7, 11) is 0. The van der Waals surface area contributed by atoms with Crippen molar-refractivity contribution in [1.82, 2.24) is 15.1 Å². The summed E-state index contributed by atoms with van der Waals surface area (Å²) >= 11 is 0. The van der Waals surface area contributed by atoms with Crippen molar-refractivity contribution in [3.8, 4) is 0 Å². The summed E-state index contributed by atoms with van der Waals surface area (Å²) in [4.78, 5) is 0. The molecule has 1 rings (SSSR count). The van der Waals surface area contributed by atoms with E-state index < -0.39 is 0 Å². The van der Waals surface area contributed by atoms with Crippen LogP contribution in [-0.4, -0.2) is 22.9 Å². The smallest absolute Gasteiger partial charge is 0.0627 e. The average Bonchev–Trinajstić information content (AvgIpc) is 2.75. The van der Waals surface area contributed by atoms with Gasteiger partial charge in [-0.3, -0.25) is 4.68 Å². The van der Waals surface area contributed by atoms with Crippen LogP contribution in [0, 0.1) is 5.92 Å². The molecule has 0 saturated heterocycles. The third-order valence-corrected chi connectivity index (χ3v) is 3.07. The molecule has 0 bridgehead atoms. The van der Waals surface area contributed by atoms with Crippen LogP contribution < -0.4 is 5.32 Å². The molecule has 1 N–H and O–H groups in total. The topological polar surface area (TPSA) is 29.9 Å². The van der Waals surface area contributed by atoms with Gasteiger partial charge in [-0.1, -0.05) is 20.3 Å². The molecule has 98 valence electrons. The average molecular weight is 237 g/mol. The monoisotopic (exact) mass is 237 g/mol. The minimum absolute atomic E-state index is 0.460. The fraction of sp³-hybridized carbons (Fsp3) is 0.786. The van der Waals surface area contributed by atoms with Crippen molar-refractivity contribution in [2.45, 2.75) is 53.0 Å². The minimum Gasteiger partial charge on any atom is -0.317 e.